The van der Waals surface area contributed by atoms with Crippen LogP contribution in [-0.2, 0) is 6.42 Å². The van der Waals surface area contributed by atoms with Crippen LogP contribution < -0.4 is 5.32 Å². The van der Waals surface area contributed by atoms with E-state index in [2.05, 4.69) is 15.5 Å². The zero-order valence-corrected chi connectivity index (χ0v) is 10.9. The first-order valence-corrected chi connectivity index (χ1v) is 6.45. The summed E-state index contributed by atoms with van der Waals surface area (Å²) in [5, 5.41) is 12.7. The molecule has 2 rings (SSSR count). The molecule has 1 atom stereocenters. The van der Waals surface area contributed by atoms with Crippen LogP contribution in [0.3, 0.4) is 0 Å². The third-order valence-corrected chi connectivity index (χ3v) is 3.55. The van der Waals surface area contributed by atoms with Gasteiger partial charge in [-0.3, -0.25) is 0 Å². The number of hydrogen-bond donors (Lipinski definition) is 1. The van der Waals surface area contributed by atoms with Crippen molar-refractivity contribution in [2.24, 2.45) is 0 Å². The molecule has 0 spiro atoms. The number of nitrogens with zero attached hydrogens (tertiary/aromatic N) is 2. The molecule has 1 N–H and O–H groups in total. The fourth-order valence-electron chi connectivity index (χ4n) is 1.51. The molecule has 0 fully saturated rings. The van der Waals surface area contributed by atoms with Gasteiger partial charge in [-0.15, -0.1) is 10.2 Å². The second-order valence-electron chi connectivity index (χ2n) is 3.89. The van der Waals surface area contributed by atoms with Crippen LogP contribution in [0.15, 0.2) is 18.2 Å². The molecule has 1 heterocycles. The third kappa shape index (κ3) is 2.81. The molecule has 6 heteroatoms. The van der Waals surface area contributed by atoms with E-state index in [1.54, 1.807) is 6.07 Å². The monoisotopic (exact) mass is 269 g/mol. The summed E-state index contributed by atoms with van der Waals surface area (Å²) in [6.45, 7) is 3.86. The highest BCUT2D eigenvalue weighted by Gasteiger charge is 2.11. The predicted molar refractivity (Wildman–Crippen MR) is 67.7 cm³/mol. The van der Waals surface area contributed by atoms with Gasteiger partial charge in [-0.1, -0.05) is 24.3 Å². The zero-order valence-electron chi connectivity index (χ0n) is 10.1. The fraction of sp³-hybridized carbons (Fsp3) is 0.333. The number of anilines is 1. The highest BCUT2D eigenvalue weighted by atomic mass is 32.1. The van der Waals surface area contributed by atoms with E-state index in [4.69, 9.17) is 0 Å². The van der Waals surface area contributed by atoms with Gasteiger partial charge < -0.3 is 5.32 Å². The van der Waals surface area contributed by atoms with E-state index >= 15 is 0 Å². The van der Waals surface area contributed by atoms with Gasteiger partial charge in [0.15, 0.2) is 11.6 Å². The molecule has 2 aromatic rings. The van der Waals surface area contributed by atoms with Crippen molar-refractivity contribution in [2.45, 2.75) is 26.3 Å². The Balaban J connectivity index is 2.11. The van der Waals surface area contributed by atoms with Gasteiger partial charge in [-0.25, -0.2) is 8.78 Å². The number of hydrogen-bond acceptors (Lipinski definition) is 4. The summed E-state index contributed by atoms with van der Waals surface area (Å²) < 4.78 is 25.9. The SMILES string of the molecule is CCc1nnc(NC(C)c2ccc(F)c(F)c2)s1. The van der Waals surface area contributed by atoms with Crippen molar-refractivity contribution in [3.8, 4) is 0 Å². The number of benzene rings is 1. The molecule has 96 valence electrons. The molecule has 0 aliphatic carbocycles. The van der Waals surface area contributed by atoms with Crippen molar-refractivity contribution in [2.75, 3.05) is 5.32 Å². The van der Waals surface area contributed by atoms with E-state index in [1.165, 1.54) is 17.4 Å². The largest absolute Gasteiger partial charge is 0.354 e. The van der Waals surface area contributed by atoms with E-state index in [9.17, 15) is 8.78 Å². The Kier molecular flexibility index (Phi) is 3.86. The van der Waals surface area contributed by atoms with Gasteiger partial charge in [0.1, 0.15) is 5.01 Å². The summed E-state index contributed by atoms with van der Waals surface area (Å²) >= 11 is 1.46. The van der Waals surface area contributed by atoms with Crippen LogP contribution in [-0.4, -0.2) is 10.2 Å². The molecule has 0 saturated carbocycles. The Morgan fingerprint density at radius 1 is 1.28 bits per heavy atom. The van der Waals surface area contributed by atoms with Gasteiger partial charge in [-0.05, 0) is 31.0 Å². The predicted octanol–water partition coefficient (Wildman–Crippen LogP) is 3.55. The maximum absolute atomic E-state index is 13.1. The lowest BCUT2D eigenvalue weighted by Gasteiger charge is -2.12. The number of rotatable bonds is 4. The summed E-state index contributed by atoms with van der Waals surface area (Å²) in [5.74, 6) is -1.68. The zero-order chi connectivity index (χ0) is 13.1. The number of halogens is 2. The van der Waals surface area contributed by atoms with Gasteiger partial charge in [-0.2, -0.15) is 0 Å². The third-order valence-electron chi connectivity index (χ3n) is 2.55. The Morgan fingerprint density at radius 2 is 2.06 bits per heavy atom. The average molecular weight is 269 g/mol. The van der Waals surface area contributed by atoms with Crippen molar-refractivity contribution in [3.63, 3.8) is 0 Å². The van der Waals surface area contributed by atoms with Gasteiger partial charge in [0.25, 0.3) is 0 Å². The average Bonchev–Trinajstić information content (AvgIpc) is 2.80. The second kappa shape index (κ2) is 5.39. The van der Waals surface area contributed by atoms with Gasteiger partial charge >= 0.3 is 0 Å². The highest BCUT2D eigenvalue weighted by Crippen LogP contribution is 2.23. The molecule has 0 amide bonds. The molecular formula is C12H13F2N3S. The lowest BCUT2D eigenvalue weighted by Crippen LogP contribution is -2.07. The van der Waals surface area contributed by atoms with E-state index < -0.39 is 11.6 Å². The Hall–Kier alpha value is -1.56. The smallest absolute Gasteiger partial charge is 0.206 e. The molecule has 1 aromatic carbocycles. The maximum atomic E-state index is 13.1. The summed E-state index contributed by atoms with van der Waals surface area (Å²) in [4.78, 5) is 0. The standard InChI is InChI=1S/C12H13F2N3S/c1-3-11-16-17-12(18-11)15-7(2)8-4-5-9(13)10(14)6-8/h4-7H,3H2,1-2H3,(H,15,17). The Labute approximate surface area is 108 Å². The van der Waals surface area contributed by atoms with Crippen LogP contribution in [0, 0.1) is 11.6 Å². The van der Waals surface area contributed by atoms with Crippen molar-refractivity contribution < 1.29 is 8.78 Å². The Bertz CT molecular complexity index is 542. The molecular weight excluding hydrogens is 256 g/mol. The molecule has 3 nitrogen and oxygen atoms in total. The maximum Gasteiger partial charge on any atom is 0.206 e. The summed E-state index contributed by atoms with van der Waals surface area (Å²) in [6.07, 6.45) is 0.832. The summed E-state index contributed by atoms with van der Waals surface area (Å²) in [5.41, 5.74) is 0.669. The van der Waals surface area contributed by atoms with Crippen molar-refractivity contribution in [1.29, 1.82) is 0 Å². The molecule has 1 aromatic heterocycles. The van der Waals surface area contributed by atoms with Crippen molar-refractivity contribution in [3.05, 3.63) is 40.4 Å². The first kappa shape index (κ1) is 12.9. The molecule has 1 unspecified atom stereocenters. The Morgan fingerprint density at radius 3 is 2.67 bits per heavy atom. The highest BCUT2D eigenvalue weighted by molar-refractivity contribution is 7.15. The quantitative estimate of drug-likeness (QED) is 0.922. The van der Waals surface area contributed by atoms with Crippen LogP contribution in [0.2, 0.25) is 0 Å². The number of aromatic nitrogens is 2. The molecule has 0 bridgehead atoms. The van der Waals surface area contributed by atoms with E-state index in [0.29, 0.717) is 10.7 Å². The minimum Gasteiger partial charge on any atom is -0.354 e. The molecule has 18 heavy (non-hydrogen) atoms. The van der Waals surface area contributed by atoms with Crippen LogP contribution in [0.4, 0.5) is 13.9 Å². The molecule has 0 saturated heterocycles. The van der Waals surface area contributed by atoms with E-state index in [1.807, 2.05) is 13.8 Å². The van der Waals surface area contributed by atoms with E-state index in [-0.39, 0.29) is 6.04 Å². The molecule has 0 aliphatic heterocycles. The topological polar surface area (TPSA) is 37.8 Å². The van der Waals surface area contributed by atoms with Crippen molar-refractivity contribution >= 4 is 16.5 Å². The first-order valence-electron chi connectivity index (χ1n) is 5.64. The molecule has 0 aliphatic rings. The first-order chi connectivity index (χ1) is 8.60. The lowest BCUT2D eigenvalue weighted by molar-refractivity contribution is 0.506. The number of nitrogens with one attached hydrogen (secondary N) is 1. The minimum atomic E-state index is -0.840. The minimum absolute atomic E-state index is 0.155. The van der Waals surface area contributed by atoms with Crippen LogP contribution in [0.1, 0.15) is 30.5 Å². The normalized spacial score (nSPS) is 12.4. The van der Waals surface area contributed by atoms with Crippen LogP contribution in [0.5, 0.6) is 0 Å². The fourth-order valence-corrected chi connectivity index (χ4v) is 2.27. The van der Waals surface area contributed by atoms with Gasteiger partial charge in [0.2, 0.25) is 5.13 Å². The molecule has 0 radical (unpaired) electrons. The lowest BCUT2D eigenvalue weighted by atomic mass is 10.1. The number of aryl methyl sites for hydroxylation is 1. The van der Waals surface area contributed by atoms with Crippen molar-refractivity contribution in [1.82, 2.24) is 10.2 Å². The van der Waals surface area contributed by atoms with Gasteiger partial charge in [0.05, 0.1) is 6.04 Å². The second-order valence-corrected chi connectivity index (χ2v) is 4.96. The summed E-state index contributed by atoms with van der Waals surface area (Å²) in [7, 11) is 0. The van der Waals surface area contributed by atoms with Crippen LogP contribution >= 0.6 is 11.3 Å². The van der Waals surface area contributed by atoms with E-state index in [0.717, 1.165) is 17.5 Å². The van der Waals surface area contributed by atoms with Crippen LogP contribution in [0.25, 0.3) is 0 Å². The van der Waals surface area contributed by atoms with Gasteiger partial charge in [0, 0.05) is 0 Å². The summed E-state index contributed by atoms with van der Waals surface area (Å²) in [6, 6.07) is 3.71.